The van der Waals surface area contributed by atoms with Crippen LogP contribution in [-0.2, 0) is 11.2 Å². The third-order valence-electron chi connectivity index (χ3n) is 7.38. The van der Waals surface area contributed by atoms with Crippen LogP contribution in [0.4, 0.5) is 11.4 Å². The van der Waals surface area contributed by atoms with E-state index in [-0.39, 0.29) is 24.7 Å². The number of pyridine rings is 1. The second kappa shape index (κ2) is 11.1. The molecule has 1 aromatic heterocycles. The van der Waals surface area contributed by atoms with Crippen LogP contribution in [0.5, 0.6) is 11.6 Å². The SMILES string of the molecule is CN1C(=O)COc2cc(-c3cnc4c(c3)NC[C@@H]([C@H](NCCc3ccc(C#N)cc3)c3ccccc3)O4)ccc21. The molecule has 2 atom stereocenters. The Hall–Kier alpha value is -4.87. The molecule has 4 aromatic rings. The highest BCUT2D eigenvalue weighted by molar-refractivity contribution is 5.97. The number of carbonyl (C=O) groups excluding carboxylic acids is 1. The number of hydrogen-bond acceptors (Lipinski definition) is 7. The Morgan fingerprint density at radius 1 is 1.10 bits per heavy atom. The standard InChI is InChI=1S/C32H29N5O3/c1-37-27-12-11-24(16-28(27)39-20-30(37)38)25-15-26-32(36-18-25)40-29(19-35-26)31(23-5-3-2-4-6-23)34-14-13-21-7-9-22(17-33)10-8-21/h2-12,15-16,18,29,31,34-35H,13-14,19-20H2,1H3/t29-,31+/m0/s1. The summed E-state index contributed by atoms with van der Waals surface area (Å²) in [5, 5.41) is 16.3. The maximum absolute atomic E-state index is 11.9. The lowest BCUT2D eigenvalue weighted by atomic mass is 9.99. The topological polar surface area (TPSA) is 99.5 Å². The average Bonchev–Trinajstić information content (AvgIpc) is 3.01. The Balaban J connectivity index is 1.18. The predicted molar refractivity (Wildman–Crippen MR) is 154 cm³/mol. The van der Waals surface area contributed by atoms with E-state index in [2.05, 4.69) is 33.8 Å². The summed E-state index contributed by atoms with van der Waals surface area (Å²) in [6, 6.07) is 28.0. The maximum Gasteiger partial charge on any atom is 0.264 e. The number of hydrogen-bond donors (Lipinski definition) is 2. The molecule has 8 nitrogen and oxygen atoms in total. The minimum absolute atomic E-state index is 0.0380. The number of amides is 1. The summed E-state index contributed by atoms with van der Waals surface area (Å²) >= 11 is 0. The van der Waals surface area contributed by atoms with Gasteiger partial charge < -0.3 is 25.0 Å². The molecule has 0 saturated heterocycles. The van der Waals surface area contributed by atoms with Crippen LogP contribution in [0.2, 0.25) is 0 Å². The van der Waals surface area contributed by atoms with Gasteiger partial charge in [-0.2, -0.15) is 5.26 Å². The number of fused-ring (bicyclic) bond motifs is 2. The summed E-state index contributed by atoms with van der Waals surface area (Å²) < 4.78 is 12.1. The summed E-state index contributed by atoms with van der Waals surface area (Å²) in [7, 11) is 1.76. The summed E-state index contributed by atoms with van der Waals surface area (Å²) in [4.78, 5) is 18.2. The molecule has 40 heavy (non-hydrogen) atoms. The molecule has 1 amide bonds. The van der Waals surface area contributed by atoms with Crippen molar-refractivity contribution in [2.75, 3.05) is 37.0 Å². The molecular weight excluding hydrogens is 502 g/mol. The molecule has 0 unspecified atom stereocenters. The van der Waals surface area contributed by atoms with Crippen molar-refractivity contribution in [1.29, 1.82) is 5.26 Å². The van der Waals surface area contributed by atoms with Gasteiger partial charge in [0.2, 0.25) is 5.88 Å². The van der Waals surface area contributed by atoms with Crippen LogP contribution in [0.25, 0.3) is 11.1 Å². The van der Waals surface area contributed by atoms with E-state index in [0.29, 0.717) is 23.7 Å². The molecule has 3 heterocycles. The predicted octanol–water partition coefficient (Wildman–Crippen LogP) is 4.72. The number of carbonyl (C=O) groups is 1. The van der Waals surface area contributed by atoms with Crippen LogP contribution in [0.3, 0.4) is 0 Å². The van der Waals surface area contributed by atoms with Gasteiger partial charge in [0.15, 0.2) is 6.61 Å². The van der Waals surface area contributed by atoms with E-state index in [0.717, 1.165) is 41.0 Å². The first kappa shape index (κ1) is 25.4. The molecule has 8 heteroatoms. The fraction of sp³-hybridized carbons (Fsp3) is 0.219. The Labute approximate surface area is 233 Å². The molecule has 2 aliphatic heterocycles. The van der Waals surface area contributed by atoms with Gasteiger partial charge in [0.1, 0.15) is 11.9 Å². The van der Waals surface area contributed by atoms with Crippen molar-refractivity contribution in [2.24, 2.45) is 0 Å². The highest BCUT2D eigenvalue weighted by Crippen LogP contribution is 2.38. The quantitative estimate of drug-likeness (QED) is 0.356. The summed E-state index contributed by atoms with van der Waals surface area (Å²) in [5.41, 5.74) is 6.46. The van der Waals surface area contributed by atoms with Gasteiger partial charge in [0, 0.05) is 18.8 Å². The van der Waals surface area contributed by atoms with Crippen LogP contribution in [0.15, 0.2) is 85.1 Å². The van der Waals surface area contributed by atoms with Crippen LogP contribution < -0.4 is 25.0 Å². The van der Waals surface area contributed by atoms with Crippen LogP contribution in [0, 0.1) is 11.3 Å². The Bertz CT molecular complexity index is 1570. The number of nitrogens with one attached hydrogen (secondary N) is 2. The highest BCUT2D eigenvalue weighted by atomic mass is 16.5. The molecule has 0 bridgehead atoms. The highest BCUT2D eigenvalue weighted by Gasteiger charge is 2.30. The lowest BCUT2D eigenvalue weighted by molar-refractivity contribution is -0.120. The average molecular weight is 532 g/mol. The van der Waals surface area contributed by atoms with Crippen molar-refractivity contribution in [1.82, 2.24) is 10.3 Å². The van der Waals surface area contributed by atoms with E-state index < -0.39 is 0 Å². The molecule has 2 N–H and O–H groups in total. The number of nitrogens with zero attached hydrogens (tertiary/aromatic N) is 3. The number of benzene rings is 3. The third-order valence-corrected chi connectivity index (χ3v) is 7.38. The molecule has 0 radical (unpaired) electrons. The van der Waals surface area contributed by atoms with Crippen molar-refractivity contribution in [3.8, 4) is 28.8 Å². The molecule has 0 aliphatic carbocycles. The van der Waals surface area contributed by atoms with Crippen LogP contribution >= 0.6 is 0 Å². The van der Waals surface area contributed by atoms with Crippen molar-refractivity contribution >= 4 is 17.3 Å². The van der Waals surface area contributed by atoms with Gasteiger partial charge in [-0.3, -0.25) is 4.79 Å². The van der Waals surface area contributed by atoms with Gasteiger partial charge in [0.25, 0.3) is 5.91 Å². The van der Waals surface area contributed by atoms with Gasteiger partial charge >= 0.3 is 0 Å². The van der Waals surface area contributed by atoms with E-state index in [9.17, 15) is 4.79 Å². The Morgan fingerprint density at radius 3 is 2.73 bits per heavy atom. The minimum Gasteiger partial charge on any atom is -0.482 e. The second-order valence-electron chi connectivity index (χ2n) is 9.94. The van der Waals surface area contributed by atoms with E-state index in [1.165, 1.54) is 5.56 Å². The second-order valence-corrected chi connectivity index (χ2v) is 9.94. The largest absolute Gasteiger partial charge is 0.482 e. The maximum atomic E-state index is 11.9. The zero-order valence-corrected chi connectivity index (χ0v) is 22.1. The fourth-order valence-corrected chi connectivity index (χ4v) is 5.11. The summed E-state index contributed by atoms with van der Waals surface area (Å²) in [6.07, 6.45) is 2.47. The lowest BCUT2D eigenvalue weighted by Gasteiger charge is -2.33. The molecule has 3 aromatic carbocycles. The third kappa shape index (κ3) is 5.20. The van der Waals surface area contributed by atoms with Crippen LogP contribution in [0.1, 0.15) is 22.7 Å². The van der Waals surface area contributed by atoms with Crippen molar-refractivity contribution in [3.63, 3.8) is 0 Å². The number of nitriles is 1. The molecular formula is C32H29N5O3. The van der Waals surface area contributed by atoms with Gasteiger partial charge in [-0.25, -0.2) is 4.98 Å². The molecule has 0 saturated carbocycles. The zero-order valence-electron chi connectivity index (χ0n) is 22.1. The van der Waals surface area contributed by atoms with Crippen molar-refractivity contribution in [2.45, 2.75) is 18.6 Å². The van der Waals surface area contributed by atoms with Gasteiger partial charge in [0.05, 0.1) is 35.6 Å². The molecule has 200 valence electrons. The molecule has 0 spiro atoms. The van der Waals surface area contributed by atoms with Crippen LogP contribution in [-0.4, -0.2) is 43.7 Å². The molecule has 2 aliphatic rings. The number of aromatic nitrogens is 1. The number of anilines is 2. The fourth-order valence-electron chi connectivity index (χ4n) is 5.11. The lowest BCUT2D eigenvalue weighted by Crippen LogP contribution is -2.43. The first-order valence-electron chi connectivity index (χ1n) is 13.3. The van der Waals surface area contributed by atoms with E-state index >= 15 is 0 Å². The number of likely N-dealkylation sites (N-methyl/N-ethyl adjacent to an activating group) is 1. The monoisotopic (exact) mass is 531 g/mol. The molecule has 6 rings (SSSR count). The first-order valence-corrected chi connectivity index (χ1v) is 13.3. The Kier molecular flexibility index (Phi) is 7.04. The molecule has 0 fully saturated rings. The number of rotatable bonds is 7. The minimum atomic E-state index is -0.167. The zero-order chi connectivity index (χ0) is 27.5. The Morgan fingerprint density at radius 2 is 1.93 bits per heavy atom. The van der Waals surface area contributed by atoms with E-state index in [1.807, 2.05) is 66.7 Å². The van der Waals surface area contributed by atoms with E-state index in [4.69, 9.17) is 14.7 Å². The van der Waals surface area contributed by atoms with Gasteiger partial charge in [-0.1, -0.05) is 48.5 Å². The number of ether oxygens (including phenoxy) is 2. The van der Waals surface area contributed by atoms with E-state index in [1.54, 1.807) is 18.1 Å². The first-order chi connectivity index (χ1) is 19.6. The van der Waals surface area contributed by atoms with Gasteiger partial charge in [-0.05, 0) is 60.0 Å². The van der Waals surface area contributed by atoms with Crippen molar-refractivity contribution < 1.29 is 14.3 Å². The smallest absolute Gasteiger partial charge is 0.264 e. The summed E-state index contributed by atoms with van der Waals surface area (Å²) in [5.74, 6) is 1.18. The van der Waals surface area contributed by atoms with Crippen molar-refractivity contribution in [3.05, 3.63) is 102 Å². The van der Waals surface area contributed by atoms with Gasteiger partial charge in [-0.15, -0.1) is 0 Å². The normalized spacial score (nSPS) is 16.4. The summed E-state index contributed by atoms with van der Waals surface area (Å²) in [6.45, 7) is 1.41.